The molecule has 0 aromatic heterocycles. The molecule has 3 N–H and O–H groups in total. The Morgan fingerprint density at radius 1 is 1.19 bits per heavy atom. The zero-order chi connectivity index (χ0) is 20.0. The number of hydrogen-bond acceptors (Lipinski definition) is 4. The molecule has 3 unspecified atom stereocenters. The lowest BCUT2D eigenvalue weighted by molar-refractivity contribution is -0.147. The van der Waals surface area contributed by atoms with Crippen molar-refractivity contribution in [2.75, 3.05) is 0 Å². The number of carboxylic acid groups (broad SMARTS) is 1. The smallest absolute Gasteiger partial charge is 0.407 e. The predicted molar refractivity (Wildman–Crippen MR) is 102 cm³/mol. The van der Waals surface area contributed by atoms with E-state index in [0.29, 0.717) is 19.3 Å². The molecule has 0 radical (unpaired) electrons. The number of aliphatic hydroxyl groups is 1. The van der Waals surface area contributed by atoms with Gasteiger partial charge in [-0.1, -0.05) is 43.2 Å². The van der Waals surface area contributed by atoms with Crippen molar-refractivity contribution in [3.8, 4) is 0 Å². The number of nitrogens with one attached hydrogen (secondary N) is 1. The van der Waals surface area contributed by atoms with Crippen molar-refractivity contribution in [1.29, 1.82) is 0 Å². The Hall–Kier alpha value is -2.08. The predicted octanol–water partition coefficient (Wildman–Crippen LogP) is 3.37. The lowest BCUT2D eigenvalue weighted by Gasteiger charge is -2.36. The second-order valence-electron chi connectivity index (χ2n) is 8.33. The molecule has 0 heterocycles. The first-order valence-electron chi connectivity index (χ1n) is 9.61. The summed E-state index contributed by atoms with van der Waals surface area (Å²) in [5.74, 6) is -1.86. The van der Waals surface area contributed by atoms with Gasteiger partial charge in [-0.25, -0.2) is 4.79 Å². The molecule has 6 nitrogen and oxygen atoms in total. The van der Waals surface area contributed by atoms with E-state index in [1.54, 1.807) is 20.8 Å². The van der Waals surface area contributed by atoms with Gasteiger partial charge in [-0.3, -0.25) is 4.79 Å². The van der Waals surface area contributed by atoms with Gasteiger partial charge in [0.1, 0.15) is 5.60 Å². The fraction of sp³-hybridized carbons (Fsp3) is 0.619. The highest BCUT2D eigenvalue weighted by Crippen LogP contribution is 2.34. The van der Waals surface area contributed by atoms with Crippen molar-refractivity contribution in [3.05, 3.63) is 35.9 Å². The van der Waals surface area contributed by atoms with Crippen LogP contribution in [0.2, 0.25) is 0 Å². The fourth-order valence-corrected chi connectivity index (χ4v) is 3.76. The van der Waals surface area contributed by atoms with E-state index < -0.39 is 35.7 Å². The number of amides is 1. The number of benzene rings is 1. The Kier molecular flexibility index (Phi) is 7.25. The number of alkyl carbamates (subject to hydrolysis) is 1. The first kappa shape index (κ1) is 21.2. The molecule has 1 aliphatic rings. The molecule has 0 saturated heterocycles. The van der Waals surface area contributed by atoms with Crippen LogP contribution in [0.3, 0.4) is 0 Å². The molecule has 0 spiro atoms. The molecule has 1 aromatic rings. The van der Waals surface area contributed by atoms with E-state index in [4.69, 9.17) is 4.74 Å². The van der Waals surface area contributed by atoms with Gasteiger partial charge in [0.2, 0.25) is 0 Å². The van der Waals surface area contributed by atoms with Crippen LogP contribution in [0.15, 0.2) is 30.3 Å². The largest absolute Gasteiger partial charge is 0.481 e. The normalized spacial score (nSPS) is 22.5. The SMILES string of the molecule is CC(C)(C)OC(=O)N[C@@H](Cc1ccccc1)C(O)C1CCCCC1C(=O)O. The van der Waals surface area contributed by atoms with Crippen LogP contribution in [0.1, 0.15) is 52.0 Å². The summed E-state index contributed by atoms with van der Waals surface area (Å²) in [5, 5.41) is 23.3. The number of carboxylic acids is 1. The van der Waals surface area contributed by atoms with Crippen molar-refractivity contribution >= 4 is 12.1 Å². The van der Waals surface area contributed by atoms with Crippen molar-refractivity contribution < 1.29 is 24.5 Å². The van der Waals surface area contributed by atoms with Crippen molar-refractivity contribution in [3.63, 3.8) is 0 Å². The number of hydrogen-bond donors (Lipinski definition) is 3. The minimum absolute atomic E-state index is 0.389. The van der Waals surface area contributed by atoms with E-state index in [0.717, 1.165) is 18.4 Å². The van der Waals surface area contributed by atoms with E-state index in [1.165, 1.54) is 0 Å². The molecular formula is C21H31NO5. The van der Waals surface area contributed by atoms with Crippen LogP contribution in [-0.4, -0.2) is 40.0 Å². The second kappa shape index (κ2) is 9.22. The summed E-state index contributed by atoms with van der Waals surface area (Å²) < 4.78 is 5.34. The molecule has 1 fully saturated rings. The monoisotopic (exact) mass is 377 g/mol. The molecular weight excluding hydrogens is 346 g/mol. The molecule has 1 aliphatic carbocycles. The highest BCUT2D eigenvalue weighted by Gasteiger charge is 2.39. The summed E-state index contributed by atoms with van der Waals surface area (Å²) in [4.78, 5) is 23.9. The summed E-state index contributed by atoms with van der Waals surface area (Å²) >= 11 is 0. The number of aliphatic hydroxyl groups excluding tert-OH is 1. The van der Waals surface area contributed by atoms with Crippen LogP contribution in [0.4, 0.5) is 4.79 Å². The zero-order valence-corrected chi connectivity index (χ0v) is 16.4. The molecule has 1 aromatic carbocycles. The topological polar surface area (TPSA) is 95.9 Å². The number of rotatable bonds is 6. The van der Waals surface area contributed by atoms with E-state index >= 15 is 0 Å². The van der Waals surface area contributed by atoms with Gasteiger partial charge in [0.05, 0.1) is 18.1 Å². The maximum atomic E-state index is 12.3. The summed E-state index contributed by atoms with van der Waals surface area (Å²) in [6.07, 6.45) is 1.77. The Labute approximate surface area is 160 Å². The van der Waals surface area contributed by atoms with Crippen molar-refractivity contribution in [2.45, 2.75) is 70.6 Å². The minimum atomic E-state index is -0.959. The molecule has 6 heteroatoms. The maximum Gasteiger partial charge on any atom is 0.407 e. The second-order valence-corrected chi connectivity index (χ2v) is 8.33. The van der Waals surface area contributed by atoms with Crippen LogP contribution < -0.4 is 5.32 Å². The third kappa shape index (κ3) is 6.54. The van der Waals surface area contributed by atoms with E-state index in [2.05, 4.69) is 5.32 Å². The number of aliphatic carboxylic acids is 1. The average molecular weight is 377 g/mol. The van der Waals surface area contributed by atoms with Crippen LogP contribution >= 0.6 is 0 Å². The van der Waals surface area contributed by atoms with Gasteiger partial charge in [0.25, 0.3) is 0 Å². The third-order valence-corrected chi connectivity index (χ3v) is 4.99. The molecule has 4 atom stereocenters. The number of ether oxygens (including phenoxy) is 1. The Bertz CT molecular complexity index is 625. The van der Waals surface area contributed by atoms with Gasteiger partial charge >= 0.3 is 12.1 Å². The lowest BCUT2D eigenvalue weighted by Crippen LogP contribution is -2.51. The molecule has 27 heavy (non-hydrogen) atoms. The van der Waals surface area contributed by atoms with E-state index in [-0.39, 0.29) is 5.92 Å². The molecule has 2 rings (SSSR count). The van der Waals surface area contributed by atoms with Gasteiger partial charge in [0, 0.05) is 5.92 Å². The quantitative estimate of drug-likeness (QED) is 0.706. The summed E-state index contributed by atoms with van der Waals surface area (Å²) in [5.41, 5.74) is 0.307. The average Bonchev–Trinajstić information content (AvgIpc) is 2.59. The van der Waals surface area contributed by atoms with Crippen molar-refractivity contribution in [2.24, 2.45) is 11.8 Å². The summed E-state index contributed by atoms with van der Waals surface area (Å²) in [7, 11) is 0. The van der Waals surface area contributed by atoms with Crippen LogP contribution in [0, 0.1) is 11.8 Å². The van der Waals surface area contributed by atoms with Crippen molar-refractivity contribution in [1.82, 2.24) is 5.32 Å². The lowest BCUT2D eigenvalue weighted by atomic mass is 9.74. The highest BCUT2D eigenvalue weighted by atomic mass is 16.6. The third-order valence-electron chi connectivity index (χ3n) is 4.99. The molecule has 0 aliphatic heterocycles. The molecule has 1 saturated carbocycles. The standard InChI is InChI=1S/C21H31NO5/c1-21(2,3)27-20(26)22-17(13-14-9-5-4-6-10-14)18(23)15-11-7-8-12-16(15)19(24)25/h4-6,9-10,15-18,23H,7-8,11-13H2,1-3H3,(H,22,26)(H,24,25)/t15?,16?,17-,18?/m0/s1. The van der Waals surface area contributed by atoms with E-state index in [9.17, 15) is 19.8 Å². The summed E-state index contributed by atoms with van der Waals surface area (Å²) in [6, 6.07) is 8.92. The molecule has 1 amide bonds. The Morgan fingerprint density at radius 3 is 2.41 bits per heavy atom. The first-order chi connectivity index (χ1) is 12.7. The Morgan fingerprint density at radius 2 is 1.81 bits per heavy atom. The van der Waals surface area contributed by atoms with Gasteiger partial charge < -0.3 is 20.3 Å². The van der Waals surface area contributed by atoms with E-state index in [1.807, 2.05) is 30.3 Å². The van der Waals surface area contributed by atoms with Gasteiger partial charge in [-0.2, -0.15) is 0 Å². The van der Waals surface area contributed by atoms with Crippen LogP contribution in [0.5, 0.6) is 0 Å². The molecule has 0 bridgehead atoms. The minimum Gasteiger partial charge on any atom is -0.481 e. The Balaban J connectivity index is 2.18. The highest BCUT2D eigenvalue weighted by molar-refractivity contribution is 5.71. The summed E-state index contributed by atoms with van der Waals surface area (Å²) in [6.45, 7) is 5.32. The fourth-order valence-electron chi connectivity index (χ4n) is 3.76. The van der Waals surface area contributed by atoms with Gasteiger partial charge in [-0.05, 0) is 45.6 Å². The number of carbonyl (C=O) groups excluding carboxylic acids is 1. The maximum absolute atomic E-state index is 12.3. The van der Waals surface area contributed by atoms with Crippen LogP contribution in [-0.2, 0) is 16.0 Å². The zero-order valence-electron chi connectivity index (χ0n) is 16.4. The van der Waals surface area contributed by atoms with Gasteiger partial charge in [0.15, 0.2) is 0 Å². The van der Waals surface area contributed by atoms with Crippen LogP contribution in [0.25, 0.3) is 0 Å². The van der Waals surface area contributed by atoms with Gasteiger partial charge in [-0.15, -0.1) is 0 Å². The first-order valence-corrected chi connectivity index (χ1v) is 9.61. The number of carbonyl (C=O) groups is 2. The molecule has 150 valence electrons.